The Bertz CT molecular complexity index is 121. The third-order valence-electron chi connectivity index (χ3n) is 1.48. The van der Waals surface area contributed by atoms with E-state index in [2.05, 4.69) is 0 Å². The van der Waals surface area contributed by atoms with Gasteiger partial charge in [-0.2, -0.15) is 0 Å². The van der Waals surface area contributed by atoms with Crippen LogP contribution in [-0.2, 0) is 4.74 Å². The lowest BCUT2D eigenvalue weighted by Gasteiger charge is -2.14. The molecule has 0 aromatic rings. The van der Waals surface area contributed by atoms with Crippen LogP contribution < -0.4 is 0 Å². The maximum atomic E-state index is 9.09. The number of aliphatic hydroxyl groups excluding tert-OH is 3. The van der Waals surface area contributed by atoms with E-state index in [1.54, 1.807) is 0 Å². The Morgan fingerprint density at radius 1 is 1.55 bits per heavy atom. The molecule has 66 valence electrons. The smallest absolute Gasteiger partial charge is 0.132 e. The molecule has 1 saturated heterocycles. The second-order valence-corrected chi connectivity index (χ2v) is 3.52. The highest BCUT2D eigenvalue weighted by atomic mass is 32.2. The summed E-state index contributed by atoms with van der Waals surface area (Å²) in [7, 11) is 0. The summed E-state index contributed by atoms with van der Waals surface area (Å²) < 4.78 is 5.17. The van der Waals surface area contributed by atoms with Crippen LogP contribution >= 0.6 is 11.8 Å². The summed E-state index contributed by atoms with van der Waals surface area (Å²) in [6, 6.07) is 0. The summed E-state index contributed by atoms with van der Waals surface area (Å²) >= 11 is 1.42. The molecule has 3 N–H and O–H groups in total. The van der Waals surface area contributed by atoms with E-state index in [4.69, 9.17) is 20.1 Å². The van der Waals surface area contributed by atoms with Crippen LogP contribution in [-0.4, -0.2) is 51.9 Å². The summed E-state index contributed by atoms with van der Waals surface area (Å²) in [5.41, 5.74) is -0.378. The van der Waals surface area contributed by atoms with Gasteiger partial charge in [-0.05, 0) is 0 Å². The zero-order valence-electron chi connectivity index (χ0n) is 6.01. The van der Waals surface area contributed by atoms with Gasteiger partial charge >= 0.3 is 0 Å². The molecule has 0 aromatic heterocycles. The SMILES string of the molecule is OCC1CSC(C(O)CO)O1. The average Bonchev–Trinajstić information content (AvgIpc) is 2.50. The fourth-order valence-electron chi connectivity index (χ4n) is 0.854. The van der Waals surface area contributed by atoms with Crippen molar-refractivity contribution in [1.82, 2.24) is 0 Å². The second-order valence-electron chi connectivity index (χ2n) is 2.39. The van der Waals surface area contributed by atoms with Crippen molar-refractivity contribution in [3.8, 4) is 0 Å². The topological polar surface area (TPSA) is 69.9 Å². The van der Waals surface area contributed by atoms with Gasteiger partial charge in [-0.25, -0.2) is 0 Å². The molecule has 1 rings (SSSR count). The van der Waals surface area contributed by atoms with Crippen molar-refractivity contribution in [3.05, 3.63) is 0 Å². The molecule has 0 aliphatic carbocycles. The van der Waals surface area contributed by atoms with Gasteiger partial charge in [0, 0.05) is 5.75 Å². The zero-order chi connectivity index (χ0) is 8.27. The van der Waals surface area contributed by atoms with Crippen LogP contribution in [0.4, 0.5) is 0 Å². The van der Waals surface area contributed by atoms with Gasteiger partial charge in [0.15, 0.2) is 0 Å². The molecule has 3 atom stereocenters. The van der Waals surface area contributed by atoms with E-state index in [-0.39, 0.29) is 24.8 Å². The van der Waals surface area contributed by atoms with Gasteiger partial charge in [-0.15, -0.1) is 11.8 Å². The molecule has 1 aliphatic heterocycles. The first kappa shape index (κ1) is 9.28. The predicted molar refractivity (Wildman–Crippen MR) is 41.3 cm³/mol. The molecule has 11 heavy (non-hydrogen) atoms. The van der Waals surface area contributed by atoms with Crippen molar-refractivity contribution in [3.63, 3.8) is 0 Å². The fourth-order valence-corrected chi connectivity index (χ4v) is 1.99. The number of ether oxygens (including phenoxy) is 1. The molecule has 0 saturated carbocycles. The summed E-state index contributed by atoms with van der Waals surface area (Å²) in [5.74, 6) is 0.679. The minimum Gasteiger partial charge on any atom is -0.394 e. The highest BCUT2D eigenvalue weighted by Crippen LogP contribution is 2.27. The maximum Gasteiger partial charge on any atom is 0.132 e. The van der Waals surface area contributed by atoms with Crippen LogP contribution in [0.15, 0.2) is 0 Å². The van der Waals surface area contributed by atoms with Gasteiger partial charge < -0.3 is 20.1 Å². The molecule has 5 heteroatoms. The minimum absolute atomic E-state index is 0.0261. The number of aliphatic hydroxyl groups is 3. The first-order valence-electron chi connectivity index (χ1n) is 3.44. The first-order chi connectivity index (χ1) is 5.27. The summed E-state index contributed by atoms with van der Waals surface area (Å²) in [4.78, 5) is 0. The highest BCUT2D eigenvalue weighted by molar-refractivity contribution is 8.00. The van der Waals surface area contributed by atoms with Crippen molar-refractivity contribution in [2.45, 2.75) is 17.6 Å². The average molecular weight is 180 g/mol. The highest BCUT2D eigenvalue weighted by Gasteiger charge is 2.30. The standard InChI is InChI=1S/C6H12O4S/c7-1-4-3-11-6(10-4)5(9)2-8/h4-9H,1-3H2. The molecule has 4 nitrogen and oxygen atoms in total. The van der Waals surface area contributed by atoms with E-state index < -0.39 is 6.10 Å². The van der Waals surface area contributed by atoms with Gasteiger partial charge in [0.1, 0.15) is 11.5 Å². The van der Waals surface area contributed by atoms with Crippen molar-refractivity contribution < 1.29 is 20.1 Å². The Morgan fingerprint density at radius 3 is 2.73 bits per heavy atom. The summed E-state index contributed by atoms with van der Waals surface area (Å²) in [6.45, 7) is -0.322. The second kappa shape index (κ2) is 4.27. The Kier molecular flexibility index (Phi) is 3.61. The molecule has 1 fully saturated rings. The lowest BCUT2D eigenvalue weighted by Crippen LogP contribution is -2.28. The van der Waals surface area contributed by atoms with E-state index in [0.717, 1.165) is 0 Å². The number of hydrogen-bond donors (Lipinski definition) is 3. The van der Waals surface area contributed by atoms with E-state index in [1.807, 2.05) is 0 Å². The van der Waals surface area contributed by atoms with Crippen LogP contribution in [0, 0.1) is 0 Å². The lowest BCUT2D eigenvalue weighted by atomic mass is 10.4. The molecule has 0 radical (unpaired) electrons. The van der Waals surface area contributed by atoms with Gasteiger partial charge in [0.2, 0.25) is 0 Å². The Morgan fingerprint density at radius 2 is 2.27 bits per heavy atom. The molecule has 3 unspecified atom stereocenters. The number of thioether (sulfide) groups is 1. The van der Waals surface area contributed by atoms with Crippen LogP contribution in [0.5, 0.6) is 0 Å². The van der Waals surface area contributed by atoms with Gasteiger partial charge in [0.25, 0.3) is 0 Å². The molecule has 1 heterocycles. The van der Waals surface area contributed by atoms with E-state index in [1.165, 1.54) is 11.8 Å². The van der Waals surface area contributed by atoms with Crippen molar-refractivity contribution >= 4 is 11.8 Å². The summed E-state index contributed by atoms with van der Waals surface area (Å²) in [6.07, 6.45) is -1.03. The molecular formula is C6H12O4S. The third kappa shape index (κ3) is 2.31. The quantitative estimate of drug-likeness (QED) is 0.508. The van der Waals surface area contributed by atoms with E-state index in [9.17, 15) is 0 Å². The zero-order valence-corrected chi connectivity index (χ0v) is 6.83. The van der Waals surface area contributed by atoms with Crippen LogP contribution in [0.25, 0.3) is 0 Å². The molecular weight excluding hydrogens is 168 g/mol. The summed E-state index contributed by atoms with van der Waals surface area (Å²) in [5, 5.41) is 26.3. The Hall–Kier alpha value is 0.190. The maximum absolute atomic E-state index is 9.09. The van der Waals surface area contributed by atoms with Gasteiger partial charge in [-0.3, -0.25) is 0 Å². The molecule has 0 amide bonds. The number of hydrogen-bond acceptors (Lipinski definition) is 5. The minimum atomic E-state index is -0.837. The number of rotatable bonds is 3. The van der Waals surface area contributed by atoms with Crippen LogP contribution in [0.2, 0.25) is 0 Å². The molecule has 0 bridgehead atoms. The largest absolute Gasteiger partial charge is 0.394 e. The van der Waals surface area contributed by atoms with Gasteiger partial charge in [-0.1, -0.05) is 0 Å². The fraction of sp³-hybridized carbons (Fsp3) is 1.00. The van der Waals surface area contributed by atoms with Crippen molar-refractivity contribution in [2.24, 2.45) is 0 Å². The van der Waals surface area contributed by atoms with Crippen LogP contribution in [0.1, 0.15) is 0 Å². The third-order valence-corrected chi connectivity index (χ3v) is 2.80. The molecule has 1 aliphatic rings. The lowest BCUT2D eigenvalue weighted by molar-refractivity contribution is -0.0440. The normalized spacial score (nSPS) is 34.1. The van der Waals surface area contributed by atoms with Crippen LogP contribution in [0.3, 0.4) is 0 Å². The molecule has 0 spiro atoms. The van der Waals surface area contributed by atoms with Gasteiger partial charge in [0.05, 0.1) is 19.3 Å². The van der Waals surface area contributed by atoms with E-state index >= 15 is 0 Å². The Balaban J connectivity index is 2.29. The molecule has 0 aromatic carbocycles. The Labute approximate surface area is 69.2 Å². The predicted octanol–water partition coefficient (Wildman–Crippen LogP) is -1.21. The first-order valence-corrected chi connectivity index (χ1v) is 4.49. The van der Waals surface area contributed by atoms with Crippen molar-refractivity contribution in [2.75, 3.05) is 19.0 Å². The monoisotopic (exact) mass is 180 g/mol. The van der Waals surface area contributed by atoms with E-state index in [0.29, 0.717) is 5.75 Å². The van der Waals surface area contributed by atoms with Crippen molar-refractivity contribution in [1.29, 1.82) is 0 Å².